The van der Waals surface area contributed by atoms with Crippen molar-refractivity contribution in [2.24, 2.45) is 5.10 Å². The van der Waals surface area contributed by atoms with Crippen LogP contribution in [0.1, 0.15) is 32.5 Å². The van der Waals surface area contributed by atoms with Gasteiger partial charge in [0.15, 0.2) is 0 Å². The molecule has 9 nitrogen and oxygen atoms in total. The maximum absolute atomic E-state index is 12.4. The number of hydrazone groups is 1. The standard InChI is InChI=1S/C21H17N7O2S/c1-14(16-4-2-5-18(12-16)28-13-22-26-27-28)24-25-20(29)15-7-9-17(10-8-15)23-21(30)19-6-3-11-31-19/h2-13H,1H3,(H,23,30)(H,25,29)/b24-14+. The number of nitrogens with zero attached hydrogens (tertiary/aromatic N) is 5. The zero-order chi connectivity index (χ0) is 21.6. The third-order valence-corrected chi connectivity index (χ3v) is 5.22. The molecule has 154 valence electrons. The maximum atomic E-state index is 12.4. The number of hydrogen-bond donors (Lipinski definition) is 2. The number of thiophene rings is 1. The monoisotopic (exact) mass is 431 g/mol. The van der Waals surface area contributed by atoms with Crippen LogP contribution in [-0.4, -0.2) is 37.7 Å². The van der Waals surface area contributed by atoms with Crippen molar-refractivity contribution in [1.29, 1.82) is 0 Å². The van der Waals surface area contributed by atoms with Gasteiger partial charge in [0.1, 0.15) is 6.33 Å². The first kappa shape index (κ1) is 20.1. The molecule has 0 spiro atoms. The Hall–Kier alpha value is -4.18. The summed E-state index contributed by atoms with van der Waals surface area (Å²) in [5, 5.41) is 19.9. The molecule has 4 rings (SSSR count). The van der Waals surface area contributed by atoms with E-state index in [0.717, 1.165) is 11.3 Å². The topological polar surface area (TPSA) is 114 Å². The van der Waals surface area contributed by atoms with Gasteiger partial charge in [0.25, 0.3) is 11.8 Å². The normalized spacial score (nSPS) is 11.2. The summed E-state index contributed by atoms with van der Waals surface area (Å²) >= 11 is 1.36. The number of tetrazole rings is 1. The molecule has 0 aliphatic heterocycles. The van der Waals surface area contributed by atoms with Crippen molar-refractivity contribution in [3.63, 3.8) is 0 Å². The zero-order valence-corrected chi connectivity index (χ0v) is 17.2. The van der Waals surface area contributed by atoms with E-state index in [-0.39, 0.29) is 11.8 Å². The van der Waals surface area contributed by atoms with Crippen molar-refractivity contribution < 1.29 is 9.59 Å². The number of rotatable bonds is 6. The Bertz CT molecular complexity index is 1220. The van der Waals surface area contributed by atoms with E-state index in [9.17, 15) is 9.59 Å². The summed E-state index contributed by atoms with van der Waals surface area (Å²) in [6.07, 6.45) is 1.50. The quantitative estimate of drug-likeness (QED) is 0.360. The fourth-order valence-electron chi connectivity index (χ4n) is 2.72. The number of carbonyl (C=O) groups excluding carboxylic acids is 2. The minimum atomic E-state index is -0.355. The molecule has 2 amide bonds. The average Bonchev–Trinajstić information content (AvgIpc) is 3.52. The summed E-state index contributed by atoms with van der Waals surface area (Å²) in [6, 6.07) is 17.6. The molecule has 0 aliphatic carbocycles. The lowest BCUT2D eigenvalue weighted by Gasteiger charge is -2.07. The van der Waals surface area contributed by atoms with Crippen LogP contribution in [0.5, 0.6) is 0 Å². The van der Waals surface area contributed by atoms with Crippen molar-refractivity contribution in [3.8, 4) is 5.69 Å². The van der Waals surface area contributed by atoms with E-state index >= 15 is 0 Å². The van der Waals surface area contributed by atoms with Crippen LogP contribution in [0.25, 0.3) is 5.69 Å². The molecule has 0 saturated heterocycles. The molecule has 2 heterocycles. The second-order valence-electron chi connectivity index (χ2n) is 6.45. The minimum absolute atomic E-state index is 0.184. The highest BCUT2D eigenvalue weighted by Crippen LogP contribution is 2.14. The first-order valence-electron chi connectivity index (χ1n) is 9.23. The molecule has 31 heavy (non-hydrogen) atoms. The molecule has 0 bridgehead atoms. The van der Waals surface area contributed by atoms with Gasteiger partial charge in [-0.05, 0) is 70.8 Å². The number of anilines is 1. The summed E-state index contributed by atoms with van der Waals surface area (Å²) < 4.78 is 1.54. The van der Waals surface area contributed by atoms with E-state index in [1.807, 2.05) is 35.7 Å². The molecule has 10 heteroatoms. The van der Waals surface area contributed by atoms with Crippen molar-refractivity contribution in [2.45, 2.75) is 6.92 Å². The maximum Gasteiger partial charge on any atom is 0.271 e. The van der Waals surface area contributed by atoms with Crippen LogP contribution in [0.2, 0.25) is 0 Å². The van der Waals surface area contributed by atoms with Crippen LogP contribution in [0.4, 0.5) is 5.69 Å². The molecule has 2 aromatic carbocycles. The fourth-order valence-corrected chi connectivity index (χ4v) is 3.34. The van der Waals surface area contributed by atoms with E-state index in [4.69, 9.17) is 0 Å². The van der Waals surface area contributed by atoms with Crippen LogP contribution in [0.3, 0.4) is 0 Å². The lowest BCUT2D eigenvalue weighted by molar-refractivity contribution is 0.0954. The van der Waals surface area contributed by atoms with E-state index in [2.05, 4.69) is 31.4 Å². The average molecular weight is 431 g/mol. The Balaban J connectivity index is 1.39. The van der Waals surface area contributed by atoms with Gasteiger partial charge in [-0.3, -0.25) is 9.59 Å². The molecule has 0 aliphatic rings. The molecule has 0 atom stereocenters. The number of benzene rings is 2. The highest BCUT2D eigenvalue weighted by Gasteiger charge is 2.09. The smallest absolute Gasteiger partial charge is 0.271 e. The van der Waals surface area contributed by atoms with E-state index in [0.29, 0.717) is 21.8 Å². The molecule has 0 unspecified atom stereocenters. The van der Waals surface area contributed by atoms with Crippen molar-refractivity contribution in [1.82, 2.24) is 25.6 Å². The molecule has 2 aromatic heterocycles. The molecule has 2 N–H and O–H groups in total. The van der Waals surface area contributed by atoms with E-state index in [1.165, 1.54) is 22.3 Å². The highest BCUT2D eigenvalue weighted by atomic mass is 32.1. The molecule has 0 saturated carbocycles. The third kappa shape index (κ3) is 4.87. The van der Waals surface area contributed by atoms with Gasteiger partial charge in [0, 0.05) is 11.3 Å². The van der Waals surface area contributed by atoms with Crippen LogP contribution in [0, 0.1) is 0 Å². The lowest BCUT2D eigenvalue weighted by Crippen LogP contribution is -2.19. The van der Waals surface area contributed by atoms with Gasteiger partial charge in [0.2, 0.25) is 0 Å². The first-order chi connectivity index (χ1) is 15.1. The Morgan fingerprint density at radius 1 is 1.00 bits per heavy atom. The number of nitrogens with one attached hydrogen (secondary N) is 2. The summed E-state index contributed by atoms with van der Waals surface area (Å²) in [5.74, 6) is -0.538. The van der Waals surface area contributed by atoms with E-state index < -0.39 is 0 Å². The van der Waals surface area contributed by atoms with Gasteiger partial charge in [-0.15, -0.1) is 16.4 Å². The van der Waals surface area contributed by atoms with Gasteiger partial charge in [-0.1, -0.05) is 18.2 Å². The molecule has 4 aromatic rings. The number of amides is 2. The molecule has 0 radical (unpaired) electrons. The third-order valence-electron chi connectivity index (χ3n) is 4.35. The van der Waals surface area contributed by atoms with Crippen molar-refractivity contribution in [3.05, 3.63) is 88.4 Å². The van der Waals surface area contributed by atoms with Gasteiger partial charge < -0.3 is 5.32 Å². The number of carbonyl (C=O) groups is 2. The molecular weight excluding hydrogens is 414 g/mol. The van der Waals surface area contributed by atoms with Crippen LogP contribution in [0.15, 0.2) is 77.5 Å². The van der Waals surface area contributed by atoms with E-state index in [1.54, 1.807) is 37.3 Å². The van der Waals surface area contributed by atoms with Gasteiger partial charge in [-0.2, -0.15) is 5.10 Å². The highest BCUT2D eigenvalue weighted by molar-refractivity contribution is 7.12. The predicted octanol–water partition coefficient (Wildman–Crippen LogP) is 3.13. The zero-order valence-electron chi connectivity index (χ0n) is 16.4. The predicted molar refractivity (Wildman–Crippen MR) is 118 cm³/mol. The minimum Gasteiger partial charge on any atom is -0.321 e. The van der Waals surface area contributed by atoms with Crippen LogP contribution < -0.4 is 10.7 Å². The number of aromatic nitrogens is 4. The largest absolute Gasteiger partial charge is 0.321 e. The summed E-state index contributed by atoms with van der Waals surface area (Å²) in [6.45, 7) is 1.79. The van der Waals surface area contributed by atoms with Gasteiger partial charge in [-0.25, -0.2) is 10.1 Å². The summed E-state index contributed by atoms with van der Waals surface area (Å²) in [5.41, 5.74) is 5.81. The molecule has 0 fully saturated rings. The van der Waals surface area contributed by atoms with Gasteiger partial charge >= 0.3 is 0 Å². The Morgan fingerprint density at radius 2 is 1.84 bits per heavy atom. The Kier molecular flexibility index (Phi) is 5.90. The molecular formula is C21H17N7O2S. The second-order valence-corrected chi connectivity index (χ2v) is 7.40. The lowest BCUT2D eigenvalue weighted by atomic mass is 10.1. The summed E-state index contributed by atoms with van der Waals surface area (Å²) in [7, 11) is 0. The SMILES string of the molecule is C/C(=N\NC(=O)c1ccc(NC(=O)c2cccs2)cc1)c1cccc(-n2cnnn2)c1. The van der Waals surface area contributed by atoms with Crippen LogP contribution >= 0.6 is 11.3 Å². The summed E-state index contributed by atoms with van der Waals surface area (Å²) in [4.78, 5) is 25.1. The first-order valence-corrected chi connectivity index (χ1v) is 10.1. The van der Waals surface area contributed by atoms with Gasteiger partial charge in [0.05, 0.1) is 16.3 Å². The van der Waals surface area contributed by atoms with Crippen molar-refractivity contribution in [2.75, 3.05) is 5.32 Å². The van der Waals surface area contributed by atoms with Crippen molar-refractivity contribution >= 4 is 34.6 Å². The van der Waals surface area contributed by atoms with Crippen LogP contribution in [-0.2, 0) is 0 Å². The Labute approximate surface area is 181 Å². The fraction of sp³-hybridized carbons (Fsp3) is 0.0476. The number of hydrogen-bond acceptors (Lipinski definition) is 7. The Morgan fingerprint density at radius 3 is 2.55 bits per heavy atom. The second kappa shape index (κ2) is 9.09.